The summed E-state index contributed by atoms with van der Waals surface area (Å²) in [5, 5.41) is 20.9. The van der Waals surface area contributed by atoms with Crippen molar-refractivity contribution in [3.8, 4) is 0 Å². The zero-order chi connectivity index (χ0) is 15.5. The van der Waals surface area contributed by atoms with Gasteiger partial charge < -0.3 is 5.11 Å². The number of nitrogens with zero attached hydrogens (tertiary/aromatic N) is 5. The molecule has 21 heavy (non-hydrogen) atoms. The van der Waals surface area contributed by atoms with Crippen LogP contribution in [0.3, 0.4) is 0 Å². The first kappa shape index (κ1) is 15.1. The topological polar surface area (TPSA) is 84.1 Å². The van der Waals surface area contributed by atoms with Crippen molar-refractivity contribution in [2.75, 3.05) is 7.05 Å². The summed E-state index contributed by atoms with van der Waals surface area (Å²) in [7, 11) is 1.75. The molecule has 1 aromatic heterocycles. The Morgan fingerprint density at radius 2 is 2.00 bits per heavy atom. The first-order chi connectivity index (χ1) is 9.91. The Balaban J connectivity index is 2.12. The van der Waals surface area contributed by atoms with Gasteiger partial charge in [-0.05, 0) is 36.9 Å². The molecule has 0 unspecified atom stereocenters. The Labute approximate surface area is 123 Å². The van der Waals surface area contributed by atoms with Crippen LogP contribution in [0, 0.1) is 0 Å². The fourth-order valence-corrected chi connectivity index (χ4v) is 1.79. The van der Waals surface area contributed by atoms with Crippen LogP contribution >= 0.6 is 0 Å². The van der Waals surface area contributed by atoms with E-state index in [0.717, 1.165) is 5.56 Å². The molecule has 0 aliphatic heterocycles. The summed E-state index contributed by atoms with van der Waals surface area (Å²) >= 11 is 0. The van der Waals surface area contributed by atoms with Crippen molar-refractivity contribution >= 4 is 5.97 Å². The molecule has 0 amide bonds. The van der Waals surface area contributed by atoms with Gasteiger partial charge in [-0.1, -0.05) is 30.3 Å². The highest BCUT2D eigenvalue weighted by molar-refractivity contribution is 5.77. The number of aliphatic carboxylic acids is 1. The molecule has 0 saturated carbocycles. The van der Waals surface area contributed by atoms with Crippen LogP contribution in [0.1, 0.15) is 25.2 Å². The van der Waals surface area contributed by atoms with Gasteiger partial charge in [0.05, 0.1) is 13.1 Å². The molecular weight excluding hydrogens is 270 g/mol. The number of benzene rings is 1. The summed E-state index contributed by atoms with van der Waals surface area (Å²) in [5.41, 5.74) is 0.106. The van der Waals surface area contributed by atoms with Gasteiger partial charge in [-0.25, -0.2) is 4.68 Å². The van der Waals surface area contributed by atoms with E-state index in [1.54, 1.807) is 30.5 Å². The maximum absolute atomic E-state index is 11.3. The molecule has 7 heteroatoms. The molecule has 0 saturated heterocycles. The lowest BCUT2D eigenvalue weighted by Crippen LogP contribution is -2.47. The zero-order valence-electron chi connectivity index (χ0n) is 12.4. The summed E-state index contributed by atoms with van der Waals surface area (Å²) in [6.45, 7) is 4.23. The lowest BCUT2D eigenvalue weighted by Gasteiger charge is -2.30. The van der Waals surface area contributed by atoms with E-state index in [1.165, 1.54) is 0 Å². The van der Waals surface area contributed by atoms with Gasteiger partial charge in [-0.3, -0.25) is 9.69 Å². The van der Waals surface area contributed by atoms with Gasteiger partial charge >= 0.3 is 5.97 Å². The Morgan fingerprint density at radius 3 is 2.62 bits per heavy atom. The van der Waals surface area contributed by atoms with Crippen molar-refractivity contribution in [2.45, 2.75) is 32.5 Å². The van der Waals surface area contributed by atoms with Crippen LogP contribution in [0.25, 0.3) is 0 Å². The van der Waals surface area contributed by atoms with Gasteiger partial charge in [-0.15, -0.1) is 5.10 Å². The number of carboxylic acid groups (broad SMARTS) is 1. The second kappa shape index (κ2) is 6.01. The monoisotopic (exact) mass is 289 g/mol. The largest absolute Gasteiger partial charge is 0.480 e. The molecule has 112 valence electrons. The van der Waals surface area contributed by atoms with E-state index in [9.17, 15) is 9.90 Å². The summed E-state index contributed by atoms with van der Waals surface area (Å²) in [4.78, 5) is 13.0. The number of carbonyl (C=O) groups is 1. The first-order valence-electron chi connectivity index (χ1n) is 6.65. The molecule has 0 aliphatic carbocycles. The van der Waals surface area contributed by atoms with Gasteiger partial charge in [0.15, 0.2) is 5.82 Å². The normalized spacial score (nSPS) is 11.8. The molecule has 0 aliphatic rings. The molecule has 0 atom stereocenters. The Morgan fingerprint density at radius 1 is 1.33 bits per heavy atom. The lowest BCUT2D eigenvalue weighted by atomic mass is 10.0. The van der Waals surface area contributed by atoms with Gasteiger partial charge in [0.1, 0.15) is 5.54 Å². The van der Waals surface area contributed by atoms with Gasteiger partial charge in [0.25, 0.3) is 0 Å². The van der Waals surface area contributed by atoms with E-state index in [4.69, 9.17) is 0 Å². The third-order valence-electron chi connectivity index (χ3n) is 3.64. The van der Waals surface area contributed by atoms with E-state index >= 15 is 0 Å². The number of hydrogen-bond donors (Lipinski definition) is 1. The standard InChI is InChI=1S/C14H19N5O2/c1-14(2,13(20)21)18(3)10-12-15-16-17-19(12)9-11-7-5-4-6-8-11/h4-8H,9-10H2,1-3H3,(H,20,21). The van der Waals surface area contributed by atoms with Crippen molar-refractivity contribution in [1.29, 1.82) is 0 Å². The van der Waals surface area contributed by atoms with Crippen LogP contribution in [-0.2, 0) is 17.9 Å². The SMILES string of the molecule is CN(Cc1nnnn1Cc1ccccc1)C(C)(C)C(=O)O. The molecule has 0 fully saturated rings. The van der Waals surface area contributed by atoms with Crippen molar-refractivity contribution < 1.29 is 9.90 Å². The maximum atomic E-state index is 11.3. The molecule has 7 nitrogen and oxygen atoms in total. The summed E-state index contributed by atoms with van der Waals surface area (Å²) in [6.07, 6.45) is 0. The Hall–Kier alpha value is -2.28. The van der Waals surface area contributed by atoms with E-state index < -0.39 is 11.5 Å². The van der Waals surface area contributed by atoms with Gasteiger partial charge in [-0.2, -0.15) is 0 Å². The Kier molecular flexibility index (Phi) is 4.32. The number of aromatic nitrogens is 4. The number of tetrazole rings is 1. The number of carboxylic acids is 1. The lowest BCUT2D eigenvalue weighted by molar-refractivity contribution is -0.148. The van der Waals surface area contributed by atoms with Crippen LogP contribution in [0.5, 0.6) is 0 Å². The van der Waals surface area contributed by atoms with Crippen LogP contribution < -0.4 is 0 Å². The highest BCUT2D eigenvalue weighted by atomic mass is 16.4. The van der Waals surface area contributed by atoms with E-state index in [-0.39, 0.29) is 0 Å². The fraction of sp³-hybridized carbons (Fsp3) is 0.429. The predicted molar refractivity (Wildman–Crippen MR) is 76.5 cm³/mol. The summed E-state index contributed by atoms with van der Waals surface area (Å²) < 4.78 is 1.68. The van der Waals surface area contributed by atoms with Crippen LogP contribution in [0.15, 0.2) is 30.3 Å². The summed E-state index contributed by atoms with van der Waals surface area (Å²) in [6, 6.07) is 9.86. The smallest absolute Gasteiger partial charge is 0.323 e. The first-order valence-corrected chi connectivity index (χ1v) is 6.65. The predicted octanol–water partition coefficient (Wildman–Crippen LogP) is 1.02. The second-order valence-corrected chi connectivity index (χ2v) is 5.46. The molecule has 0 radical (unpaired) electrons. The molecule has 0 spiro atoms. The molecule has 1 heterocycles. The third-order valence-corrected chi connectivity index (χ3v) is 3.64. The molecular formula is C14H19N5O2. The van der Waals surface area contributed by atoms with E-state index in [0.29, 0.717) is 18.9 Å². The van der Waals surface area contributed by atoms with Gasteiger partial charge in [0, 0.05) is 0 Å². The van der Waals surface area contributed by atoms with Crippen molar-refractivity contribution in [3.05, 3.63) is 41.7 Å². The van der Waals surface area contributed by atoms with Crippen LogP contribution in [-0.4, -0.2) is 48.8 Å². The average molecular weight is 289 g/mol. The fourth-order valence-electron chi connectivity index (χ4n) is 1.79. The van der Waals surface area contributed by atoms with Crippen molar-refractivity contribution in [3.63, 3.8) is 0 Å². The Bertz CT molecular complexity index is 609. The zero-order valence-corrected chi connectivity index (χ0v) is 12.4. The van der Waals surface area contributed by atoms with Crippen LogP contribution in [0.4, 0.5) is 0 Å². The number of rotatable bonds is 6. The second-order valence-electron chi connectivity index (χ2n) is 5.46. The minimum absolute atomic E-state index is 0.360. The van der Waals surface area contributed by atoms with Crippen LogP contribution in [0.2, 0.25) is 0 Å². The molecule has 1 aromatic carbocycles. The van der Waals surface area contributed by atoms with Gasteiger partial charge in [0.2, 0.25) is 0 Å². The van der Waals surface area contributed by atoms with Crippen molar-refractivity contribution in [1.82, 2.24) is 25.1 Å². The molecule has 2 rings (SSSR count). The maximum Gasteiger partial charge on any atom is 0.323 e. The number of likely N-dealkylation sites (N-methyl/N-ethyl adjacent to an activating group) is 1. The molecule has 0 bridgehead atoms. The minimum atomic E-state index is -0.983. The highest BCUT2D eigenvalue weighted by Gasteiger charge is 2.32. The number of hydrogen-bond acceptors (Lipinski definition) is 5. The summed E-state index contributed by atoms with van der Waals surface area (Å²) in [5.74, 6) is -0.247. The van der Waals surface area contributed by atoms with E-state index in [1.807, 2.05) is 30.3 Å². The molecule has 1 N–H and O–H groups in total. The third kappa shape index (κ3) is 3.43. The van der Waals surface area contributed by atoms with Crippen molar-refractivity contribution in [2.24, 2.45) is 0 Å². The average Bonchev–Trinajstić information content (AvgIpc) is 2.87. The van der Waals surface area contributed by atoms with E-state index in [2.05, 4.69) is 15.5 Å². The molecule has 2 aromatic rings. The quantitative estimate of drug-likeness (QED) is 0.854. The minimum Gasteiger partial charge on any atom is -0.480 e. The highest BCUT2D eigenvalue weighted by Crippen LogP contribution is 2.15.